The highest BCUT2D eigenvalue weighted by atomic mass is 16.3. The third-order valence-electron chi connectivity index (χ3n) is 2.84. The van der Waals surface area contributed by atoms with Gasteiger partial charge in [-0.2, -0.15) is 0 Å². The zero-order valence-corrected chi connectivity index (χ0v) is 9.66. The van der Waals surface area contributed by atoms with Gasteiger partial charge in [-0.25, -0.2) is 9.97 Å². The van der Waals surface area contributed by atoms with Crippen molar-refractivity contribution >= 4 is 11.5 Å². The maximum absolute atomic E-state index is 11.3. The molecule has 1 N–H and O–H groups in total. The van der Waals surface area contributed by atoms with Crippen molar-refractivity contribution in [3.05, 3.63) is 28.3 Å². The number of Topliss-reactive ketones (excluding diaryl/α,β-unsaturated/α-hetero) is 1. The quantitative estimate of drug-likeness (QED) is 0.782. The molecule has 0 saturated carbocycles. The number of nitrogens with zero attached hydrogens (tertiary/aromatic N) is 2. The molecule has 0 aromatic carbocycles. The van der Waals surface area contributed by atoms with Gasteiger partial charge in [0.15, 0.2) is 5.78 Å². The Balaban J connectivity index is 2.66. The predicted octanol–water partition coefficient (Wildman–Crippen LogP) is 1.90. The van der Waals surface area contributed by atoms with Crippen LogP contribution in [-0.4, -0.2) is 20.9 Å². The molecule has 1 aliphatic rings. The fraction of sp³-hybridized carbons (Fsp3) is 0.417. The average Bonchev–Trinajstić information content (AvgIpc) is 2.15. The molecular formula is C12H14N2O2. The Morgan fingerprint density at radius 2 is 1.94 bits per heavy atom. The van der Waals surface area contributed by atoms with Crippen molar-refractivity contribution in [1.82, 2.24) is 9.97 Å². The molecule has 0 unspecified atom stereocenters. The molecule has 0 atom stereocenters. The number of aliphatic hydroxyl groups excluding tert-OH is 1. The Labute approximate surface area is 94.1 Å². The minimum Gasteiger partial charge on any atom is -0.507 e. The van der Waals surface area contributed by atoms with Crippen molar-refractivity contribution in [1.29, 1.82) is 0 Å². The standard InChI is InChI=1S/C12H14N2O2/c1-6-11-10(14-8(3)13-6)5-4-9(7(2)15)12(11)16/h16H,4-5H2,1-3H3. The molecule has 16 heavy (non-hydrogen) atoms. The highest BCUT2D eigenvalue weighted by Gasteiger charge is 2.24. The number of aliphatic hydroxyl groups is 1. The number of aromatic nitrogens is 2. The average molecular weight is 218 g/mol. The van der Waals surface area contributed by atoms with Crippen LogP contribution in [0.2, 0.25) is 0 Å². The molecular weight excluding hydrogens is 204 g/mol. The van der Waals surface area contributed by atoms with E-state index in [9.17, 15) is 9.90 Å². The maximum Gasteiger partial charge on any atom is 0.159 e. The van der Waals surface area contributed by atoms with E-state index in [2.05, 4.69) is 9.97 Å². The summed E-state index contributed by atoms with van der Waals surface area (Å²) < 4.78 is 0. The van der Waals surface area contributed by atoms with Crippen molar-refractivity contribution in [3.8, 4) is 0 Å². The number of rotatable bonds is 1. The van der Waals surface area contributed by atoms with Gasteiger partial charge in [0.2, 0.25) is 0 Å². The molecule has 4 nitrogen and oxygen atoms in total. The number of carbonyl (C=O) groups excluding carboxylic acids is 1. The number of fused-ring (bicyclic) bond motifs is 1. The number of hydrogen-bond acceptors (Lipinski definition) is 4. The fourth-order valence-electron chi connectivity index (χ4n) is 2.13. The summed E-state index contributed by atoms with van der Waals surface area (Å²) in [5.74, 6) is 0.685. The lowest BCUT2D eigenvalue weighted by Gasteiger charge is -2.19. The molecule has 1 aromatic heterocycles. The van der Waals surface area contributed by atoms with Gasteiger partial charge < -0.3 is 5.11 Å². The fourth-order valence-corrected chi connectivity index (χ4v) is 2.13. The Morgan fingerprint density at radius 3 is 2.56 bits per heavy atom. The zero-order valence-electron chi connectivity index (χ0n) is 9.66. The molecule has 0 aliphatic heterocycles. The number of allylic oxidation sites excluding steroid dienone is 1. The SMILES string of the molecule is CC(=O)C1=C(O)c2c(C)nc(C)nc2CC1. The third-order valence-corrected chi connectivity index (χ3v) is 2.84. The van der Waals surface area contributed by atoms with E-state index in [0.29, 0.717) is 29.8 Å². The van der Waals surface area contributed by atoms with Crippen LogP contribution in [0.1, 0.15) is 36.1 Å². The molecule has 0 amide bonds. The van der Waals surface area contributed by atoms with Crippen LogP contribution in [0.5, 0.6) is 0 Å². The summed E-state index contributed by atoms with van der Waals surface area (Å²) in [7, 11) is 0. The Kier molecular flexibility index (Phi) is 2.50. The summed E-state index contributed by atoms with van der Waals surface area (Å²) >= 11 is 0. The van der Waals surface area contributed by atoms with Crippen LogP contribution >= 0.6 is 0 Å². The minimum absolute atomic E-state index is 0.0613. The summed E-state index contributed by atoms with van der Waals surface area (Å²) in [4.78, 5) is 19.9. The van der Waals surface area contributed by atoms with Crippen LogP contribution in [0.4, 0.5) is 0 Å². The molecule has 1 heterocycles. The van der Waals surface area contributed by atoms with E-state index in [1.807, 2.05) is 13.8 Å². The molecule has 1 aromatic rings. The van der Waals surface area contributed by atoms with Crippen LogP contribution in [0.3, 0.4) is 0 Å². The van der Waals surface area contributed by atoms with Gasteiger partial charge in [-0.15, -0.1) is 0 Å². The van der Waals surface area contributed by atoms with Crippen LogP contribution in [0, 0.1) is 13.8 Å². The second-order valence-corrected chi connectivity index (χ2v) is 4.06. The Bertz CT molecular complexity index is 504. The van der Waals surface area contributed by atoms with E-state index < -0.39 is 0 Å². The van der Waals surface area contributed by atoms with Crippen molar-refractivity contribution < 1.29 is 9.90 Å². The molecule has 1 aliphatic carbocycles. The third kappa shape index (κ3) is 1.60. The van der Waals surface area contributed by atoms with E-state index in [0.717, 1.165) is 11.4 Å². The van der Waals surface area contributed by atoms with Crippen LogP contribution < -0.4 is 0 Å². The van der Waals surface area contributed by atoms with E-state index in [4.69, 9.17) is 0 Å². The second kappa shape index (κ2) is 3.70. The van der Waals surface area contributed by atoms with Crippen molar-refractivity contribution in [2.24, 2.45) is 0 Å². The predicted molar refractivity (Wildman–Crippen MR) is 60.1 cm³/mol. The van der Waals surface area contributed by atoms with Crippen molar-refractivity contribution in [2.45, 2.75) is 33.6 Å². The Morgan fingerprint density at radius 1 is 1.25 bits per heavy atom. The van der Waals surface area contributed by atoms with Crippen LogP contribution in [0.15, 0.2) is 5.57 Å². The summed E-state index contributed by atoms with van der Waals surface area (Å²) in [5.41, 5.74) is 2.70. The van der Waals surface area contributed by atoms with Gasteiger partial charge in [0.25, 0.3) is 0 Å². The van der Waals surface area contributed by atoms with Crippen LogP contribution in [-0.2, 0) is 11.2 Å². The molecule has 2 rings (SSSR count). The lowest BCUT2D eigenvalue weighted by atomic mass is 9.91. The second-order valence-electron chi connectivity index (χ2n) is 4.06. The first-order valence-electron chi connectivity index (χ1n) is 5.28. The highest BCUT2D eigenvalue weighted by Crippen LogP contribution is 2.30. The molecule has 0 bridgehead atoms. The van der Waals surface area contributed by atoms with E-state index >= 15 is 0 Å². The van der Waals surface area contributed by atoms with Gasteiger partial charge in [0.1, 0.15) is 11.6 Å². The van der Waals surface area contributed by atoms with Crippen LogP contribution in [0.25, 0.3) is 5.76 Å². The summed E-state index contributed by atoms with van der Waals surface area (Å²) in [6, 6.07) is 0. The minimum atomic E-state index is -0.0804. The number of ketones is 1. The van der Waals surface area contributed by atoms with Crippen molar-refractivity contribution in [3.63, 3.8) is 0 Å². The highest BCUT2D eigenvalue weighted by molar-refractivity contribution is 6.00. The lowest BCUT2D eigenvalue weighted by molar-refractivity contribution is -0.113. The first kappa shape index (κ1) is 10.8. The number of aryl methyl sites for hydroxylation is 3. The lowest BCUT2D eigenvalue weighted by Crippen LogP contribution is -2.14. The molecule has 0 spiro atoms. The van der Waals surface area contributed by atoms with Gasteiger partial charge in [0, 0.05) is 5.57 Å². The normalized spacial score (nSPS) is 14.9. The summed E-state index contributed by atoms with van der Waals surface area (Å²) in [6.07, 6.45) is 1.25. The van der Waals surface area contributed by atoms with Gasteiger partial charge in [-0.05, 0) is 33.6 Å². The van der Waals surface area contributed by atoms with Gasteiger partial charge in [-0.1, -0.05) is 0 Å². The molecule has 0 fully saturated rings. The molecule has 0 saturated heterocycles. The topological polar surface area (TPSA) is 63.1 Å². The zero-order chi connectivity index (χ0) is 11.9. The summed E-state index contributed by atoms with van der Waals surface area (Å²) in [6.45, 7) is 5.13. The van der Waals surface area contributed by atoms with Gasteiger partial charge in [0.05, 0.1) is 17.0 Å². The van der Waals surface area contributed by atoms with Crippen molar-refractivity contribution in [2.75, 3.05) is 0 Å². The van der Waals surface area contributed by atoms with Gasteiger partial charge in [-0.3, -0.25) is 4.79 Å². The first-order chi connectivity index (χ1) is 7.50. The molecule has 84 valence electrons. The van der Waals surface area contributed by atoms with Gasteiger partial charge >= 0.3 is 0 Å². The molecule has 0 radical (unpaired) electrons. The Hall–Kier alpha value is -1.71. The van der Waals surface area contributed by atoms with E-state index in [1.165, 1.54) is 6.92 Å². The number of hydrogen-bond donors (Lipinski definition) is 1. The number of carbonyl (C=O) groups is 1. The monoisotopic (exact) mass is 218 g/mol. The maximum atomic E-state index is 11.3. The largest absolute Gasteiger partial charge is 0.507 e. The summed E-state index contributed by atoms with van der Waals surface area (Å²) in [5, 5.41) is 10.0. The molecule has 4 heteroatoms. The first-order valence-corrected chi connectivity index (χ1v) is 5.28. The van der Waals surface area contributed by atoms with E-state index in [1.54, 1.807) is 0 Å². The smallest absolute Gasteiger partial charge is 0.159 e. The van der Waals surface area contributed by atoms with E-state index in [-0.39, 0.29) is 11.5 Å².